The van der Waals surface area contributed by atoms with Crippen molar-refractivity contribution in [2.75, 3.05) is 5.75 Å². The molecule has 0 saturated heterocycles. The fourth-order valence-corrected chi connectivity index (χ4v) is 4.46. The van der Waals surface area contributed by atoms with E-state index in [-0.39, 0.29) is 6.04 Å². The molecule has 2 rings (SSSR count). The molecule has 1 atom stereocenters. The van der Waals surface area contributed by atoms with Gasteiger partial charge in [-0.1, -0.05) is 23.7 Å². The second kappa shape index (κ2) is 7.67. The van der Waals surface area contributed by atoms with Crippen molar-refractivity contribution < 1.29 is 0 Å². The topological polar surface area (TPSA) is 38.0 Å². The molecule has 6 heteroatoms. The van der Waals surface area contributed by atoms with Crippen molar-refractivity contribution >= 4 is 50.6 Å². The highest BCUT2D eigenvalue weighted by Gasteiger charge is 2.11. The van der Waals surface area contributed by atoms with Gasteiger partial charge in [-0.2, -0.15) is 0 Å². The summed E-state index contributed by atoms with van der Waals surface area (Å²) >= 11 is 13.1. The van der Waals surface area contributed by atoms with E-state index in [1.165, 1.54) is 4.88 Å². The predicted molar refractivity (Wildman–Crippen MR) is 89.0 cm³/mol. The molecule has 2 nitrogen and oxygen atoms in total. The number of nitrogens with one attached hydrogen (secondary N) is 1. The summed E-state index contributed by atoms with van der Waals surface area (Å²) in [7, 11) is 0. The minimum absolute atomic E-state index is 0.229. The molecule has 0 aliphatic carbocycles. The minimum Gasteiger partial charge on any atom is -0.271 e. The fourth-order valence-electron chi connectivity index (χ4n) is 1.62. The molecule has 0 amide bonds. The van der Waals surface area contributed by atoms with Gasteiger partial charge < -0.3 is 0 Å². The van der Waals surface area contributed by atoms with Crippen LogP contribution < -0.4 is 11.3 Å². The first-order valence-electron chi connectivity index (χ1n) is 5.76. The maximum atomic E-state index is 6.14. The number of rotatable bonds is 6. The van der Waals surface area contributed by atoms with E-state index in [0.29, 0.717) is 0 Å². The second-order valence-electron chi connectivity index (χ2n) is 4.01. The van der Waals surface area contributed by atoms with Gasteiger partial charge in [-0.25, -0.2) is 0 Å². The first-order chi connectivity index (χ1) is 9.19. The molecule has 0 saturated carbocycles. The Kier molecular flexibility index (Phi) is 6.19. The van der Waals surface area contributed by atoms with Crippen molar-refractivity contribution in [2.24, 2.45) is 5.84 Å². The number of thioether (sulfide) groups is 1. The Bertz CT molecular complexity index is 533. The van der Waals surface area contributed by atoms with Gasteiger partial charge in [0.05, 0.1) is 8.81 Å². The van der Waals surface area contributed by atoms with Gasteiger partial charge in [-0.3, -0.25) is 11.3 Å². The Morgan fingerprint density at radius 2 is 2.11 bits per heavy atom. The molecule has 102 valence electrons. The van der Waals surface area contributed by atoms with Crippen LogP contribution in [0.5, 0.6) is 0 Å². The van der Waals surface area contributed by atoms with E-state index < -0.39 is 0 Å². The van der Waals surface area contributed by atoms with E-state index in [1.54, 1.807) is 23.1 Å². The van der Waals surface area contributed by atoms with Crippen molar-refractivity contribution in [1.29, 1.82) is 0 Å². The van der Waals surface area contributed by atoms with Gasteiger partial charge in [0.15, 0.2) is 0 Å². The van der Waals surface area contributed by atoms with Crippen molar-refractivity contribution in [3.8, 4) is 0 Å². The van der Waals surface area contributed by atoms with Gasteiger partial charge in [0.25, 0.3) is 0 Å². The quantitative estimate of drug-likeness (QED) is 0.447. The van der Waals surface area contributed by atoms with Crippen LogP contribution in [-0.4, -0.2) is 11.8 Å². The molecule has 0 fully saturated rings. The number of benzene rings is 1. The zero-order valence-corrected chi connectivity index (χ0v) is 14.1. The number of nitrogens with two attached hydrogens (primary N) is 1. The van der Waals surface area contributed by atoms with Gasteiger partial charge in [0, 0.05) is 21.6 Å². The Hall–Kier alpha value is -0.0400. The number of halogens is 2. The molecule has 1 unspecified atom stereocenters. The van der Waals surface area contributed by atoms with Gasteiger partial charge in [-0.05, 0) is 46.6 Å². The van der Waals surface area contributed by atoms with E-state index in [4.69, 9.17) is 17.4 Å². The third-order valence-corrected chi connectivity index (χ3v) is 5.91. The Morgan fingerprint density at radius 3 is 2.74 bits per heavy atom. The number of hydrogen-bond donors (Lipinski definition) is 2. The van der Waals surface area contributed by atoms with Crippen LogP contribution in [0.3, 0.4) is 0 Å². The average molecular weight is 378 g/mol. The molecular weight excluding hydrogens is 364 g/mol. The minimum atomic E-state index is 0.229. The lowest BCUT2D eigenvalue weighted by atomic mass is 10.2. The van der Waals surface area contributed by atoms with Gasteiger partial charge >= 0.3 is 0 Å². The maximum Gasteiger partial charge on any atom is 0.0701 e. The van der Waals surface area contributed by atoms with Crippen LogP contribution in [0.4, 0.5) is 0 Å². The van der Waals surface area contributed by atoms with Crippen molar-refractivity contribution in [3.05, 3.63) is 50.1 Å². The second-order valence-corrected chi connectivity index (χ2v) is 8.03. The van der Waals surface area contributed by atoms with Crippen LogP contribution in [0.2, 0.25) is 5.02 Å². The molecule has 0 bridgehead atoms. The largest absolute Gasteiger partial charge is 0.271 e. The van der Waals surface area contributed by atoms with E-state index >= 15 is 0 Å². The van der Waals surface area contributed by atoms with Crippen LogP contribution in [0.15, 0.2) is 45.1 Å². The summed E-state index contributed by atoms with van der Waals surface area (Å²) in [5.74, 6) is 6.51. The summed E-state index contributed by atoms with van der Waals surface area (Å²) in [6.07, 6.45) is 0.921. The number of hydrogen-bond acceptors (Lipinski definition) is 4. The van der Waals surface area contributed by atoms with Crippen LogP contribution in [0, 0.1) is 0 Å². The van der Waals surface area contributed by atoms with E-state index in [0.717, 1.165) is 25.9 Å². The molecule has 0 spiro atoms. The van der Waals surface area contributed by atoms with Crippen molar-refractivity contribution in [2.45, 2.75) is 17.4 Å². The van der Waals surface area contributed by atoms with Crippen LogP contribution in [0.1, 0.15) is 4.88 Å². The van der Waals surface area contributed by atoms with Crippen molar-refractivity contribution in [3.63, 3.8) is 0 Å². The van der Waals surface area contributed by atoms with Crippen LogP contribution in [0.25, 0.3) is 0 Å². The molecule has 1 heterocycles. The Labute approximate surface area is 134 Å². The summed E-state index contributed by atoms with van der Waals surface area (Å²) in [5.41, 5.74) is 2.88. The third kappa shape index (κ3) is 4.77. The zero-order valence-electron chi connectivity index (χ0n) is 10.1. The zero-order chi connectivity index (χ0) is 13.7. The molecule has 2 aromatic rings. The molecule has 1 aromatic carbocycles. The van der Waals surface area contributed by atoms with Crippen molar-refractivity contribution in [1.82, 2.24) is 5.43 Å². The van der Waals surface area contributed by atoms with E-state index in [1.807, 2.05) is 24.3 Å². The summed E-state index contributed by atoms with van der Waals surface area (Å²) in [6, 6.07) is 12.3. The molecular formula is C13H14BrClN2S2. The lowest BCUT2D eigenvalue weighted by Gasteiger charge is -2.14. The summed E-state index contributed by atoms with van der Waals surface area (Å²) in [5, 5.41) is 0.794. The normalized spacial score (nSPS) is 12.6. The number of thiophene rings is 1. The SMILES string of the molecule is NNC(CSc1ccccc1Cl)Cc1ccc(Br)s1. The lowest BCUT2D eigenvalue weighted by molar-refractivity contribution is 0.579. The molecule has 0 aliphatic heterocycles. The number of hydrazine groups is 1. The molecule has 19 heavy (non-hydrogen) atoms. The molecule has 3 N–H and O–H groups in total. The van der Waals surface area contributed by atoms with E-state index in [9.17, 15) is 0 Å². The predicted octanol–water partition coefficient (Wildman–Crippen LogP) is 4.33. The fraction of sp³-hybridized carbons (Fsp3) is 0.231. The van der Waals surface area contributed by atoms with Crippen LogP contribution >= 0.6 is 50.6 Å². The highest BCUT2D eigenvalue weighted by atomic mass is 79.9. The molecule has 0 aliphatic rings. The Morgan fingerprint density at radius 1 is 1.32 bits per heavy atom. The third-order valence-electron chi connectivity index (χ3n) is 2.59. The van der Waals surface area contributed by atoms with Gasteiger partial charge in [-0.15, -0.1) is 23.1 Å². The Balaban J connectivity index is 1.91. The van der Waals surface area contributed by atoms with Gasteiger partial charge in [0.1, 0.15) is 0 Å². The average Bonchev–Trinajstić information content (AvgIpc) is 2.81. The highest BCUT2D eigenvalue weighted by Crippen LogP contribution is 2.28. The van der Waals surface area contributed by atoms with Crippen LogP contribution in [-0.2, 0) is 6.42 Å². The highest BCUT2D eigenvalue weighted by molar-refractivity contribution is 9.11. The molecule has 1 aromatic heterocycles. The first-order valence-corrected chi connectivity index (χ1v) is 8.74. The first kappa shape index (κ1) is 15.4. The van der Waals surface area contributed by atoms with Gasteiger partial charge in [0.2, 0.25) is 0 Å². The maximum absolute atomic E-state index is 6.14. The smallest absolute Gasteiger partial charge is 0.0701 e. The standard InChI is InChI=1S/C13H14BrClN2S2/c14-13-6-5-10(19-13)7-9(17-16)8-18-12-4-2-1-3-11(12)15/h1-6,9,17H,7-8,16H2. The summed E-state index contributed by atoms with van der Waals surface area (Å²) in [4.78, 5) is 2.41. The lowest BCUT2D eigenvalue weighted by Crippen LogP contribution is -2.38. The molecule has 0 radical (unpaired) electrons. The monoisotopic (exact) mass is 376 g/mol. The summed E-state index contributed by atoms with van der Waals surface area (Å²) < 4.78 is 1.15. The summed E-state index contributed by atoms with van der Waals surface area (Å²) in [6.45, 7) is 0. The van der Waals surface area contributed by atoms with E-state index in [2.05, 4.69) is 33.5 Å².